The summed E-state index contributed by atoms with van der Waals surface area (Å²) in [6.45, 7) is 1.68. The minimum atomic E-state index is -1.11. The van der Waals surface area contributed by atoms with E-state index in [2.05, 4.69) is 20.9 Å². The molecule has 0 aliphatic rings. The molecule has 94 valence electrons. The number of hydrogen-bond donors (Lipinski definition) is 1. The molecule has 0 saturated heterocycles. The van der Waals surface area contributed by atoms with Crippen LogP contribution >= 0.6 is 15.9 Å². The van der Waals surface area contributed by atoms with Crippen molar-refractivity contribution in [1.29, 1.82) is 0 Å². The van der Waals surface area contributed by atoms with Gasteiger partial charge in [-0.15, -0.1) is 0 Å². The molecule has 1 aromatic carbocycles. The lowest BCUT2D eigenvalue weighted by Crippen LogP contribution is -2.25. The van der Waals surface area contributed by atoms with Crippen LogP contribution in [0.1, 0.15) is 18.2 Å². The van der Waals surface area contributed by atoms with E-state index >= 15 is 0 Å². The Morgan fingerprint density at radius 1 is 1.22 bits per heavy atom. The van der Waals surface area contributed by atoms with Crippen LogP contribution in [0.5, 0.6) is 0 Å². The van der Waals surface area contributed by atoms with Crippen molar-refractivity contribution >= 4 is 15.9 Å². The van der Waals surface area contributed by atoms with Crippen LogP contribution < -0.4 is 0 Å². The molecule has 1 heterocycles. The molecule has 1 aromatic heterocycles. The zero-order chi connectivity index (χ0) is 13.2. The van der Waals surface area contributed by atoms with Gasteiger partial charge in [-0.1, -0.05) is 28.1 Å². The van der Waals surface area contributed by atoms with Crippen LogP contribution in [-0.2, 0) is 12.0 Å². The molecule has 2 aromatic rings. The molecular weight excluding hydrogens is 297 g/mol. The second-order valence-corrected chi connectivity index (χ2v) is 5.35. The van der Waals surface area contributed by atoms with E-state index in [1.54, 1.807) is 6.92 Å². The van der Waals surface area contributed by atoms with Gasteiger partial charge in [-0.3, -0.25) is 4.98 Å². The van der Waals surface area contributed by atoms with E-state index in [0.717, 1.165) is 16.2 Å². The van der Waals surface area contributed by atoms with Crippen molar-refractivity contribution < 1.29 is 9.50 Å². The van der Waals surface area contributed by atoms with Crippen LogP contribution in [0.25, 0.3) is 0 Å². The molecule has 0 aliphatic heterocycles. The highest BCUT2D eigenvalue weighted by atomic mass is 79.9. The topological polar surface area (TPSA) is 33.1 Å². The molecule has 1 unspecified atom stereocenters. The Morgan fingerprint density at radius 3 is 2.44 bits per heavy atom. The summed E-state index contributed by atoms with van der Waals surface area (Å²) in [6.07, 6.45) is 1.55. The van der Waals surface area contributed by atoms with Gasteiger partial charge in [-0.25, -0.2) is 4.39 Å². The third-order valence-corrected chi connectivity index (χ3v) is 3.27. The molecule has 2 nitrogen and oxygen atoms in total. The highest BCUT2D eigenvalue weighted by Gasteiger charge is 2.25. The molecule has 0 radical (unpaired) electrons. The lowest BCUT2D eigenvalue weighted by atomic mass is 9.93. The van der Waals surface area contributed by atoms with Gasteiger partial charge in [0.1, 0.15) is 11.4 Å². The lowest BCUT2D eigenvalue weighted by molar-refractivity contribution is 0.0529. The summed E-state index contributed by atoms with van der Waals surface area (Å²) in [4.78, 5) is 3.93. The van der Waals surface area contributed by atoms with Gasteiger partial charge >= 0.3 is 0 Å². The molecule has 0 saturated carbocycles. The second kappa shape index (κ2) is 5.16. The monoisotopic (exact) mass is 309 g/mol. The van der Waals surface area contributed by atoms with Crippen molar-refractivity contribution in [1.82, 2.24) is 4.98 Å². The number of nitrogens with zero attached hydrogens (tertiary/aromatic N) is 1. The average molecular weight is 310 g/mol. The van der Waals surface area contributed by atoms with Crippen LogP contribution in [0.2, 0.25) is 0 Å². The van der Waals surface area contributed by atoms with Crippen molar-refractivity contribution in [2.75, 3.05) is 0 Å². The molecule has 0 spiro atoms. The van der Waals surface area contributed by atoms with E-state index in [1.807, 2.05) is 24.3 Å². The van der Waals surface area contributed by atoms with Gasteiger partial charge < -0.3 is 5.11 Å². The third kappa shape index (κ3) is 3.15. The van der Waals surface area contributed by atoms with E-state index < -0.39 is 11.4 Å². The standard InChI is InChI=1S/C14H13BrFNO/c1-14(18,13-7-6-12(16)9-17-13)8-10-2-4-11(15)5-3-10/h2-7,9,18H,8H2,1H3. The van der Waals surface area contributed by atoms with E-state index in [1.165, 1.54) is 12.1 Å². The summed E-state index contributed by atoms with van der Waals surface area (Å²) < 4.78 is 13.8. The fraction of sp³-hybridized carbons (Fsp3) is 0.214. The van der Waals surface area contributed by atoms with E-state index in [0.29, 0.717) is 12.1 Å². The van der Waals surface area contributed by atoms with E-state index in [-0.39, 0.29) is 0 Å². The van der Waals surface area contributed by atoms with Gasteiger partial charge in [0.05, 0.1) is 11.9 Å². The first-order valence-electron chi connectivity index (χ1n) is 5.56. The predicted octanol–water partition coefficient (Wildman–Crippen LogP) is 3.43. The van der Waals surface area contributed by atoms with Crippen LogP contribution in [0, 0.1) is 5.82 Å². The van der Waals surface area contributed by atoms with Gasteiger partial charge in [0.25, 0.3) is 0 Å². The highest BCUT2D eigenvalue weighted by Crippen LogP contribution is 2.24. The summed E-state index contributed by atoms with van der Waals surface area (Å²) in [5.74, 6) is -0.404. The van der Waals surface area contributed by atoms with Gasteiger partial charge in [0.2, 0.25) is 0 Å². The zero-order valence-corrected chi connectivity index (χ0v) is 11.5. The smallest absolute Gasteiger partial charge is 0.141 e. The maximum absolute atomic E-state index is 12.8. The Hall–Kier alpha value is -1.26. The highest BCUT2D eigenvalue weighted by molar-refractivity contribution is 9.10. The number of benzene rings is 1. The van der Waals surface area contributed by atoms with Crippen LogP contribution in [-0.4, -0.2) is 10.1 Å². The fourth-order valence-corrected chi connectivity index (χ4v) is 2.05. The largest absolute Gasteiger partial charge is 0.383 e. The number of halogens is 2. The van der Waals surface area contributed by atoms with Gasteiger partial charge in [-0.05, 0) is 36.8 Å². The van der Waals surface area contributed by atoms with Crippen molar-refractivity contribution in [3.63, 3.8) is 0 Å². The first-order valence-corrected chi connectivity index (χ1v) is 6.35. The molecule has 0 fully saturated rings. The van der Waals surface area contributed by atoms with Crippen molar-refractivity contribution in [3.8, 4) is 0 Å². The molecule has 4 heteroatoms. The predicted molar refractivity (Wildman–Crippen MR) is 71.6 cm³/mol. The maximum Gasteiger partial charge on any atom is 0.141 e. The summed E-state index contributed by atoms with van der Waals surface area (Å²) >= 11 is 3.36. The summed E-state index contributed by atoms with van der Waals surface area (Å²) in [6, 6.07) is 10.5. The number of aromatic nitrogens is 1. The number of pyridine rings is 1. The minimum Gasteiger partial charge on any atom is -0.383 e. The number of hydrogen-bond acceptors (Lipinski definition) is 2. The molecule has 2 rings (SSSR count). The number of rotatable bonds is 3. The third-order valence-electron chi connectivity index (χ3n) is 2.74. The van der Waals surface area contributed by atoms with Crippen molar-refractivity contribution in [2.24, 2.45) is 0 Å². The molecule has 0 aliphatic carbocycles. The summed E-state index contributed by atoms with van der Waals surface area (Å²) in [5.41, 5.74) is 0.350. The normalized spacial score (nSPS) is 14.2. The second-order valence-electron chi connectivity index (χ2n) is 4.44. The van der Waals surface area contributed by atoms with Crippen LogP contribution in [0.4, 0.5) is 4.39 Å². The molecule has 1 N–H and O–H groups in total. The zero-order valence-electron chi connectivity index (χ0n) is 9.90. The summed E-state index contributed by atoms with van der Waals surface area (Å²) in [7, 11) is 0. The Labute approximate surface area is 114 Å². The Balaban J connectivity index is 2.20. The molecule has 0 bridgehead atoms. The van der Waals surface area contributed by atoms with Crippen molar-refractivity contribution in [3.05, 3.63) is 64.1 Å². The lowest BCUT2D eigenvalue weighted by Gasteiger charge is -2.22. The molecular formula is C14H13BrFNO. The van der Waals surface area contributed by atoms with Gasteiger partial charge in [0.15, 0.2) is 0 Å². The van der Waals surface area contributed by atoms with E-state index in [4.69, 9.17) is 0 Å². The maximum atomic E-state index is 12.8. The van der Waals surface area contributed by atoms with Gasteiger partial charge in [-0.2, -0.15) is 0 Å². The molecule has 0 amide bonds. The van der Waals surface area contributed by atoms with Crippen molar-refractivity contribution in [2.45, 2.75) is 18.9 Å². The molecule has 1 atom stereocenters. The summed E-state index contributed by atoms with van der Waals surface area (Å²) in [5, 5.41) is 10.4. The average Bonchev–Trinajstić information content (AvgIpc) is 2.32. The Morgan fingerprint density at radius 2 is 1.89 bits per heavy atom. The quantitative estimate of drug-likeness (QED) is 0.942. The first kappa shape index (κ1) is 13.2. The van der Waals surface area contributed by atoms with E-state index in [9.17, 15) is 9.50 Å². The SMILES string of the molecule is CC(O)(Cc1ccc(Br)cc1)c1ccc(F)cn1. The first-order chi connectivity index (χ1) is 8.47. The number of aliphatic hydroxyl groups is 1. The van der Waals surface area contributed by atoms with Crippen LogP contribution in [0.3, 0.4) is 0 Å². The fourth-order valence-electron chi connectivity index (χ4n) is 1.78. The molecule has 18 heavy (non-hydrogen) atoms. The van der Waals surface area contributed by atoms with Gasteiger partial charge in [0, 0.05) is 10.9 Å². The Bertz CT molecular complexity index is 522. The minimum absolute atomic E-state index is 0.404. The van der Waals surface area contributed by atoms with Crippen LogP contribution in [0.15, 0.2) is 47.1 Å². The Kier molecular flexibility index (Phi) is 3.78.